The van der Waals surface area contributed by atoms with Crippen LogP contribution in [0.1, 0.15) is 12.6 Å². The fraction of sp³-hybridized carbons (Fsp3) is 0.636. The number of aromatic nitrogens is 2. The van der Waals surface area contributed by atoms with E-state index in [1.807, 2.05) is 11.0 Å². The Balaban J connectivity index is 1.73. The molecule has 0 aliphatic carbocycles. The molecule has 1 aliphatic rings. The van der Waals surface area contributed by atoms with E-state index >= 15 is 0 Å². The van der Waals surface area contributed by atoms with Gasteiger partial charge in [-0.15, -0.1) is 0 Å². The van der Waals surface area contributed by atoms with Crippen LogP contribution in [0, 0.1) is 0 Å². The highest BCUT2D eigenvalue weighted by atomic mass is 16.2. The van der Waals surface area contributed by atoms with E-state index in [0.717, 1.165) is 38.4 Å². The van der Waals surface area contributed by atoms with Gasteiger partial charge in [0.2, 0.25) is 0 Å². The minimum absolute atomic E-state index is 0.00959. The summed E-state index contributed by atoms with van der Waals surface area (Å²) < 4.78 is 0. The van der Waals surface area contributed by atoms with E-state index in [4.69, 9.17) is 0 Å². The van der Waals surface area contributed by atoms with Gasteiger partial charge in [-0.3, -0.25) is 5.10 Å². The molecule has 0 aromatic carbocycles. The summed E-state index contributed by atoms with van der Waals surface area (Å²) in [4.78, 5) is 16.1. The third-order valence-electron chi connectivity index (χ3n) is 3.10. The van der Waals surface area contributed by atoms with E-state index in [2.05, 4.69) is 27.3 Å². The number of carbonyl (C=O) groups is 1. The lowest BCUT2D eigenvalue weighted by Crippen LogP contribution is -2.51. The minimum Gasteiger partial charge on any atom is -0.332 e. The summed E-state index contributed by atoms with van der Waals surface area (Å²) in [6.45, 7) is 7.26. The zero-order chi connectivity index (χ0) is 12.1. The number of nitrogens with zero attached hydrogens (tertiary/aromatic N) is 3. The van der Waals surface area contributed by atoms with Crippen LogP contribution in [0.15, 0.2) is 12.3 Å². The zero-order valence-corrected chi connectivity index (χ0v) is 10.1. The number of aromatic amines is 1. The van der Waals surface area contributed by atoms with Crippen molar-refractivity contribution in [2.24, 2.45) is 0 Å². The van der Waals surface area contributed by atoms with Gasteiger partial charge in [0.05, 0.1) is 12.2 Å². The van der Waals surface area contributed by atoms with Crippen LogP contribution in [0.5, 0.6) is 0 Å². The molecule has 1 fully saturated rings. The molecule has 2 amide bonds. The van der Waals surface area contributed by atoms with Gasteiger partial charge in [-0.05, 0) is 12.6 Å². The van der Waals surface area contributed by atoms with Crippen molar-refractivity contribution < 1.29 is 4.79 Å². The highest BCUT2D eigenvalue weighted by molar-refractivity contribution is 5.74. The number of H-pyrrole nitrogens is 1. The Hall–Kier alpha value is -1.56. The number of carbonyl (C=O) groups excluding carboxylic acids is 1. The molecule has 17 heavy (non-hydrogen) atoms. The van der Waals surface area contributed by atoms with E-state index < -0.39 is 0 Å². The number of hydrogen-bond acceptors (Lipinski definition) is 3. The van der Waals surface area contributed by atoms with Crippen molar-refractivity contribution in [1.29, 1.82) is 0 Å². The van der Waals surface area contributed by atoms with Crippen molar-refractivity contribution >= 4 is 6.03 Å². The van der Waals surface area contributed by atoms with Gasteiger partial charge in [0.1, 0.15) is 0 Å². The SMILES string of the molecule is CCN1CCN(C(=O)NCc2ccn[nH]2)CC1. The quantitative estimate of drug-likeness (QED) is 0.792. The van der Waals surface area contributed by atoms with Gasteiger partial charge in [0.15, 0.2) is 0 Å². The maximum atomic E-state index is 11.9. The van der Waals surface area contributed by atoms with Crippen molar-refractivity contribution in [3.05, 3.63) is 18.0 Å². The maximum Gasteiger partial charge on any atom is 0.317 e. The molecular weight excluding hydrogens is 218 g/mol. The van der Waals surface area contributed by atoms with Gasteiger partial charge < -0.3 is 15.1 Å². The highest BCUT2D eigenvalue weighted by Gasteiger charge is 2.19. The van der Waals surface area contributed by atoms with Crippen molar-refractivity contribution in [2.45, 2.75) is 13.5 Å². The summed E-state index contributed by atoms with van der Waals surface area (Å²) in [5.41, 5.74) is 0.922. The first kappa shape index (κ1) is 11.9. The van der Waals surface area contributed by atoms with Crippen LogP contribution in [0.3, 0.4) is 0 Å². The molecular formula is C11H19N5O. The molecule has 1 saturated heterocycles. The van der Waals surface area contributed by atoms with E-state index in [1.165, 1.54) is 0 Å². The molecule has 2 heterocycles. The smallest absolute Gasteiger partial charge is 0.317 e. The average Bonchev–Trinajstić information content (AvgIpc) is 2.89. The lowest BCUT2D eigenvalue weighted by molar-refractivity contribution is 0.142. The van der Waals surface area contributed by atoms with Gasteiger partial charge in [-0.2, -0.15) is 5.10 Å². The Morgan fingerprint density at radius 1 is 1.47 bits per heavy atom. The van der Waals surface area contributed by atoms with E-state index in [9.17, 15) is 4.79 Å². The van der Waals surface area contributed by atoms with Crippen molar-refractivity contribution in [3.63, 3.8) is 0 Å². The van der Waals surface area contributed by atoms with Gasteiger partial charge in [0, 0.05) is 32.4 Å². The molecule has 6 heteroatoms. The molecule has 6 nitrogen and oxygen atoms in total. The van der Waals surface area contributed by atoms with Crippen LogP contribution in [0.2, 0.25) is 0 Å². The molecule has 2 N–H and O–H groups in total. The third-order valence-corrected chi connectivity index (χ3v) is 3.10. The Labute approximate surface area is 101 Å². The summed E-state index contributed by atoms with van der Waals surface area (Å²) >= 11 is 0. The van der Waals surface area contributed by atoms with Crippen molar-refractivity contribution in [1.82, 2.24) is 25.3 Å². The first-order chi connectivity index (χ1) is 8.29. The van der Waals surface area contributed by atoms with Crippen molar-refractivity contribution in [3.8, 4) is 0 Å². The predicted octanol–water partition coefficient (Wildman–Crippen LogP) is 0.257. The standard InChI is InChI=1S/C11H19N5O/c1-2-15-5-7-16(8-6-15)11(17)12-9-10-3-4-13-14-10/h3-4H,2,5-9H2,1H3,(H,12,17)(H,13,14). The minimum atomic E-state index is 0.00959. The summed E-state index contributed by atoms with van der Waals surface area (Å²) in [5, 5.41) is 9.54. The first-order valence-electron chi connectivity index (χ1n) is 6.03. The summed E-state index contributed by atoms with van der Waals surface area (Å²) in [5.74, 6) is 0. The lowest BCUT2D eigenvalue weighted by Gasteiger charge is -2.33. The zero-order valence-electron chi connectivity index (χ0n) is 10.1. The predicted molar refractivity (Wildman–Crippen MR) is 64.5 cm³/mol. The van der Waals surface area contributed by atoms with Crippen LogP contribution < -0.4 is 5.32 Å². The first-order valence-corrected chi connectivity index (χ1v) is 6.03. The molecule has 2 rings (SSSR count). The molecule has 1 aliphatic heterocycles. The topological polar surface area (TPSA) is 64.3 Å². The van der Waals surface area contributed by atoms with Gasteiger partial charge >= 0.3 is 6.03 Å². The van der Waals surface area contributed by atoms with Gasteiger partial charge in [-0.1, -0.05) is 6.92 Å². The van der Waals surface area contributed by atoms with E-state index in [-0.39, 0.29) is 6.03 Å². The number of amides is 2. The normalized spacial score (nSPS) is 17.1. The largest absolute Gasteiger partial charge is 0.332 e. The number of urea groups is 1. The van der Waals surface area contributed by atoms with E-state index in [0.29, 0.717) is 6.54 Å². The molecule has 0 radical (unpaired) electrons. The van der Waals surface area contributed by atoms with Gasteiger partial charge in [0.25, 0.3) is 0 Å². The summed E-state index contributed by atoms with van der Waals surface area (Å²) in [6.07, 6.45) is 1.68. The van der Waals surface area contributed by atoms with Crippen LogP contribution in [-0.4, -0.2) is 58.8 Å². The fourth-order valence-electron chi connectivity index (χ4n) is 1.93. The summed E-state index contributed by atoms with van der Waals surface area (Å²) in [7, 11) is 0. The lowest BCUT2D eigenvalue weighted by atomic mass is 10.3. The number of nitrogens with one attached hydrogen (secondary N) is 2. The second kappa shape index (κ2) is 5.67. The van der Waals surface area contributed by atoms with Crippen LogP contribution in [0.4, 0.5) is 4.79 Å². The molecule has 0 spiro atoms. The second-order valence-electron chi connectivity index (χ2n) is 4.16. The highest BCUT2D eigenvalue weighted by Crippen LogP contribution is 2.01. The number of hydrogen-bond donors (Lipinski definition) is 2. The van der Waals surface area contributed by atoms with Crippen LogP contribution in [-0.2, 0) is 6.54 Å². The molecule has 94 valence electrons. The fourth-order valence-corrected chi connectivity index (χ4v) is 1.93. The third kappa shape index (κ3) is 3.20. The maximum absolute atomic E-state index is 11.9. The Kier molecular flexibility index (Phi) is 3.98. The molecule has 0 atom stereocenters. The Morgan fingerprint density at radius 2 is 2.24 bits per heavy atom. The van der Waals surface area contributed by atoms with Crippen molar-refractivity contribution in [2.75, 3.05) is 32.7 Å². The molecule has 0 saturated carbocycles. The molecule has 0 bridgehead atoms. The molecule has 0 unspecified atom stereocenters. The van der Waals surface area contributed by atoms with Gasteiger partial charge in [-0.25, -0.2) is 4.79 Å². The molecule has 1 aromatic heterocycles. The van der Waals surface area contributed by atoms with E-state index in [1.54, 1.807) is 6.20 Å². The monoisotopic (exact) mass is 237 g/mol. The number of rotatable bonds is 3. The number of piperazine rings is 1. The Bertz CT molecular complexity index is 343. The summed E-state index contributed by atoms with van der Waals surface area (Å²) in [6, 6.07) is 1.87. The van der Waals surface area contributed by atoms with Crippen LogP contribution in [0.25, 0.3) is 0 Å². The molecule has 1 aromatic rings. The average molecular weight is 237 g/mol. The number of likely N-dealkylation sites (N-methyl/N-ethyl adjacent to an activating group) is 1. The second-order valence-corrected chi connectivity index (χ2v) is 4.16. The van der Waals surface area contributed by atoms with Crippen LogP contribution >= 0.6 is 0 Å². The Morgan fingerprint density at radius 3 is 2.82 bits per heavy atom.